The third-order valence-electron chi connectivity index (χ3n) is 7.22. The largest absolute Gasteiger partial charge is 0.421 e. The molecule has 0 atom stereocenters. The maximum absolute atomic E-state index is 5.55. The summed E-state index contributed by atoms with van der Waals surface area (Å²) in [5.74, 6) is 1.39. The number of hydrogen-bond donors (Lipinski definition) is 1. The van der Waals surface area contributed by atoms with Crippen molar-refractivity contribution in [1.82, 2.24) is 14.1 Å². The molecule has 3 heterocycles. The molecule has 0 amide bonds. The van der Waals surface area contributed by atoms with Gasteiger partial charge in [-0.2, -0.15) is 5.10 Å². The van der Waals surface area contributed by atoms with Gasteiger partial charge in [0.1, 0.15) is 12.7 Å². The van der Waals surface area contributed by atoms with Gasteiger partial charge in [-0.15, -0.1) is 10.2 Å². The predicted molar refractivity (Wildman–Crippen MR) is 200 cm³/mol. The van der Waals surface area contributed by atoms with Crippen LogP contribution in [0.1, 0.15) is 5.56 Å². The van der Waals surface area contributed by atoms with E-state index in [1.165, 1.54) is 0 Å². The van der Waals surface area contributed by atoms with Gasteiger partial charge < -0.3 is 15.2 Å². The minimum absolute atomic E-state index is 0. The molecule has 261 valence electrons. The number of nitrogen functional groups attached to an aromatic ring is 1. The summed E-state index contributed by atoms with van der Waals surface area (Å²) in [6, 6.07) is 29.3. The molecule has 3 aromatic carbocycles. The number of benzene rings is 3. The van der Waals surface area contributed by atoms with E-state index in [2.05, 4.69) is 35.4 Å². The van der Waals surface area contributed by atoms with Crippen molar-refractivity contribution in [3.05, 3.63) is 134 Å². The van der Waals surface area contributed by atoms with Gasteiger partial charge in [0, 0.05) is 93.3 Å². The first-order valence-corrected chi connectivity index (χ1v) is 15.8. The van der Waals surface area contributed by atoms with E-state index in [9.17, 15) is 0 Å². The van der Waals surface area contributed by atoms with Crippen LogP contribution in [-0.2, 0) is 46.7 Å². The van der Waals surface area contributed by atoms with Crippen LogP contribution in [0.25, 0.3) is 0 Å². The van der Waals surface area contributed by atoms with Crippen molar-refractivity contribution < 1.29 is 27.7 Å². The van der Waals surface area contributed by atoms with E-state index < -0.39 is 0 Å². The minimum Gasteiger partial charge on any atom is -0.399 e. The van der Waals surface area contributed by atoms with Crippen LogP contribution in [0.15, 0.2) is 154 Å². The SMILES string of the molecule is CN(C)c1ccc(N=Nc2n(C)cc[n+]2C)cc1.CN(N=Cc1cc[n+](C)cc1)c1ccccc1.Cn1ccnc1N=Nc1ccc(N)cc1.[V]. The first-order valence-electron chi connectivity index (χ1n) is 15.8. The maximum atomic E-state index is 5.55. The number of pyridine rings is 1. The zero-order valence-electron chi connectivity index (χ0n) is 30.1. The summed E-state index contributed by atoms with van der Waals surface area (Å²) >= 11 is 0. The fourth-order valence-electron chi connectivity index (χ4n) is 4.20. The molecule has 0 saturated heterocycles. The quantitative estimate of drug-likeness (QED) is 0.0615. The summed E-state index contributed by atoms with van der Waals surface area (Å²) in [6.45, 7) is 0. The fourth-order valence-corrected chi connectivity index (χ4v) is 4.20. The van der Waals surface area contributed by atoms with Crippen molar-refractivity contribution in [1.29, 1.82) is 0 Å². The third kappa shape index (κ3) is 12.8. The summed E-state index contributed by atoms with van der Waals surface area (Å²) in [5, 5.41) is 22.8. The van der Waals surface area contributed by atoms with Gasteiger partial charge in [0.05, 0.1) is 44.1 Å². The second-order valence-corrected chi connectivity index (χ2v) is 11.5. The first-order chi connectivity index (χ1) is 24.1. The smallest absolute Gasteiger partial charge is 0.399 e. The van der Waals surface area contributed by atoms with E-state index in [-0.39, 0.29) is 18.6 Å². The molecule has 14 heteroatoms. The number of rotatable bonds is 8. The number of anilines is 3. The fraction of sp³-hybridized carbons (Fsp3) is 0.189. The number of hydrazone groups is 1. The van der Waals surface area contributed by atoms with Gasteiger partial charge in [0.25, 0.3) is 0 Å². The zero-order valence-corrected chi connectivity index (χ0v) is 31.5. The van der Waals surface area contributed by atoms with Crippen LogP contribution in [0.5, 0.6) is 0 Å². The number of aromatic nitrogens is 5. The molecule has 1 radical (unpaired) electrons. The Hall–Kier alpha value is -5.92. The van der Waals surface area contributed by atoms with Gasteiger partial charge in [-0.1, -0.05) is 23.3 Å². The van der Waals surface area contributed by atoms with Crippen molar-refractivity contribution in [2.45, 2.75) is 0 Å². The van der Waals surface area contributed by atoms with E-state index in [4.69, 9.17) is 5.73 Å². The normalized spacial score (nSPS) is 10.7. The number of nitrogens with two attached hydrogens (primary N) is 1. The third-order valence-corrected chi connectivity index (χ3v) is 7.22. The number of nitrogens with zero attached hydrogens (tertiary/aromatic N) is 12. The Bertz CT molecular complexity index is 1960. The summed E-state index contributed by atoms with van der Waals surface area (Å²) < 4.78 is 7.65. The Morgan fingerprint density at radius 1 is 0.686 bits per heavy atom. The van der Waals surface area contributed by atoms with E-state index in [1.807, 2.05) is 184 Å². The second-order valence-electron chi connectivity index (χ2n) is 11.5. The Kier molecular flexibility index (Phi) is 15.4. The Labute approximate surface area is 311 Å². The van der Waals surface area contributed by atoms with Gasteiger partial charge in [-0.05, 0) is 60.7 Å². The van der Waals surface area contributed by atoms with E-state index >= 15 is 0 Å². The number of para-hydroxylation sites is 1. The Morgan fingerprint density at radius 3 is 1.84 bits per heavy atom. The summed E-state index contributed by atoms with van der Waals surface area (Å²) in [6.07, 6.45) is 13.3. The van der Waals surface area contributed by atoms with Crippen molar-refractivity contribution in [3.8, 4) is 0 Å². The Morgan fingerprint density at radius 2 is 1.29 bits per heavy atom. The van der Waals surface area contributed by atoms with E-state index in [0.717, 1.165) is 34.3 Å². The van der Waals surface area contributed by atoms with Gasteiger partial charge in [0.2, 0.25) is 5.95 Å². The standard InChI is InChI=1S/C14H16N3.C13H18N5.C10H11N5.V/c1-16-10-8-13(9-11-16)12-15-17(2)14-6-4-3-5-7-14;1-16(2)12-7-5-11(6-8-12)14-15-13-17(3)9-10-18(13)4;1-15-7-6-12-10(15)14-13-9-4-2-8(11)3-5-9;/h3-12H,1-2H3;5-10H,1-4H3;2-7H,11H2,1H3;/q2*+1;;. The minimum atomic E-state index is 0. The number of hydrogen-bond acceptors (Lipinski definition) is 9. The molecule has 2 N–H and O–H groups in total. The van der Waals surface area contributed by atoms with Gasteiger partial charge in [-0.3, -0.25) is 5.01 Å². The summed E-state index contributed by atoms with van der Waals surface area (Å²) in [7, 11) is 13.7. The van der Waals surface area contributed by atoms with E-state index in [1.54, 1.807) is 22.9 Å². The molecule has 0 fully saturated rings. The molecular formula is C37H45N13V+2. The molecular weight excluding hydrogens is 677 g/mol. The summed E-state index contributed by atoms with van der Waals surface area (Å²) in [4.78, 5) is 6.08. The average molecular weight is 723 g/mol. The number of imidazole rings is 2. The van der Waals surface area contributed by atoms with Crippen molar-refractivity contribution in [2.24, 2.45) is 53.7 Å². The molecule has 6 rings (SSSR count). The van der Waals surface area contributed by atoms with Crippen LogP contribution in [-0.4, -0.2) is 41.5 Å². The summed E-state index contributed by atoms with van der Waals surface area (Å²) in [5.41, 5.74) is 11.2. The first kappa shape index (κ1) is 39.5. The van der Waals surface area contributed by atoms with Gasteiger partial charge in [-0.25, -0.2) is 18.7 Å². The molecule has 3 aromatic heterocycles. The van der Waals surface area contributed by atoms with Crippen molar-refractivity contribution in [3.63, 3.8) is 0 Å². The van der Waals surface area contributed by atoms with Crippen LogP contribution < -0.4 is 24.8 Å². The molecule has 0 unspecified atom stereocenters. The molecule has 0 bridgehead atoms. The molecule has 6 aromatic rings. The van der Waals surface area contributed by atoms with E-state index in [0.29, 0.717) is 11.6 Å². The van der Waals surface area contributed by atoms with Crippen LogP contribution in [0.3, 0.4) is 0 Å². The van der Waals surface area contributed by atoms with Crippen LogP contribution in [0.2, 0.25) is 0 Å². The number of aryl methyl sites for hydroxylation is 4. The van der Waals surface area contributed by atoms with Gasteiger partial charge >= 0.3 is 5.95 Å². The predicted octanol–water partition coefficient (Wildman–Crippen LogP) is 6.73. The van der Waals surface area contributed by atoms with Crippen LogP contribution in [0.4, 0.5) is 40.3 Å². The molecule has 0 aliphatic rings. The monoisotopic (exact) mass is 722 g/mol. The van der Waals surface area contributed by atoms with Crippen LogP contribution >= 0.6 is 0 Å². The second kappa shape index (κ2) is 19.9. The topological polar surface area (TPSA) is 125 Å². The zero-order chi connectivity index (χ0) is 35.9. The molecule has 0 spiro atoms. The Balaban J connectivity index is 0.000000205. The average Bonchev–Trinajstić information content (AvgIpc) is 3.70. The van der Waals surface area contributed by atoms with Gasteiger partial charge in [0.15, 0.2) is 12.4 Å². The molecule has 13 nitrogen and oxygen atoms in total. The van der Waals surface area contributed by atoms with Crippen LogP contribution in [0, 0.1) is 0 Å². The molecule has 51 heavy (non-hydrogen) atoms. The molecule has 0 saturated carbocycles. The maximum Gasteiger partial charge on any atom is 0.421 e. The van der Waals surface area contributed by atoms with Crippen molar-refractivity contribution in [2.75, 3.05) is 36.8 Å². The van der Waals surface area contributed by atoms with Crippen molar-refractivity contribution >= 4 is 46.5 Å². The molecule has 0 aliphatic carbocycles. The number of azo groups is 2. The molecule has 0 aliphatic heterocycles.